The molecule has 0 fully saturated rings. The molecular weight excluding hydrogens is 266 g/mol. The second-order valence-corrected chi connectivity index (χ2v) is 6.18. The highest BCUT2D eigenvalue weighted by atomic mass is 16.1. The average molecular weight is 287 g/mol. The van der Waals surface area contributed by atoms with Crippen molar-refractivity contribution in [2.45, 2.75) is 40.0 Å². The monoisotopic (exact) mass is 287 g/mol. The molecule has 112 valence electrons. The van der Waals surface area contributed by atoms with Crippen LogP contribution in [0.15, 0.2) is 12.1 Å². The smallest absolute Gasteiger partial charge is 0.255 e. The summed E-state index contributed by atoms with van der Waals surface area (Å²) in [6, 6.07) is 3.35. The molecule has 0 aliphatic heterocycles. The van der Waals surface area contributed by atoms with Gasteiger partial charge in [0.25, 0.3) is 5.91 Å². The van der Waals surface area contributed by atoms with Crippen molar-refractivity contribution in [3.8, 4) is 0 Å². The third-order valence-electron chi connectivity index (χ3n) is 3.24. The first kappa shape index (κ1) is 15.0. The van der Waals surface area contributed by atoms with Crippen LogP contribution in [0.5, 0.6) is 0 Å². The lowest BCUT2D eigenvalue weighted by atomic mass is 9.90. The first-order valence-corrected chi connectivity index (χ1v) is 6.79. The maximum atomic E-state index is 12.4. The number of aryl methyl sites for hydroxylation is 2. The van der Waals surface area contributed by atoms with Crippen molar-refractivity contribution in [3.63, 3.8) is 0 Å². The van der Waals surface area contributed by atoms with Crippen LogP contribution in [0.3, 0.4) is 0 Å². The molecule has 0 saturated carbocycles. The van der Waals surface area contributed by atoms with Crippen LogP contribution in [0.1, 0.15) is 48.2 Å². The minimum Gasteiger partial charge on any atom is -0.384 e. The van der Waals surface area contributed by atoms with Crippen molar-refractivity contribution in [2.24, 2.45) is 0 Å². The molecule has 21 heavy (non-hydrogen) atoms. The van der Waals surface area contributed by atoms with Gasteiger partial charge in [0.2, 0.25) is 0 Å². The van der Waals surface area contributed by atoms with Gasteiger partial charge in [-0.2, -0.15) is 5.10 Å². The van der Waals surface area contributed by atoms with Crippen molar-refractivity contribution in [1.82, 2.24) is 15.2 Å². The Morgan fingerprint density at radius 1 is 1.29 bits per heavy atom. The summed E-state index contributed by atoms with van der Waals surface area (Å²) in [4.78, 5) is 16.7. The summed E-state index contributed by atoms with van der Waals surface area (Å²) in [5.41, 5.74) is 9.19. The molecule has 0 aliphatic carbocycles. The van der Waals surface area contributed by atoms with Crippen LogP contribution in [-0.4, -0.2) is 21.1 Å². The molecule has 0 saturated heterocycles. The van der Waals surface area contributed by atoms with E-state index in [2.05, 4.69) is 20.5 Å². The van der Waals surface area contributed by atoms with Crippen LogP contribution in [0.25, 0.3) is 0 Å². The molecule has 2 aromatic heterocycles. The molecule has 6 nitrogen and oxygen atoms in total. The number of nitrogen functional groups attached to an aromatic ring is 1. The number of rotatable bonds is 2. The zero-order chi connectivity index (χ0) is 15.8. The summed E-state index contributed by atoms with van der Waals surface area (Å²) in [7, 11) is 0. The van der Waals surface area contributed by atoms with E-state index in [1.165, 1.54) is 0 Å². The van der Waals surface area contributed by atoms with Crippen LogP contribution in [-0.2, 0) is 5.41 Å². The van der Waals surface area contributed by atoms with Gasteiger partial charge in [0, 0.05) is 16.7 Å². The van der Waals surface area contributed by atoms with Gasteiger partial charge in [0.1, 0.15) is 5.82 Å². The topological polar surface area (TPSA) is 96.7 Å². The zero-order valence-corrected chi connectivity index (χ0v) is 13.0. The largest absolute Gasteiger partial charge is 0.384 e. The molecule has 2 rings (SSSR count). The number of nitrogens with one attached hydrogen (secondary N) is 2. The van der Waals surface area contributed by atoms with Crippen LogP contribution >= 0.6 is 0 Å². The molecule has 0 unspecified atom stereocenters. The number of carbonyl (C=O) groups is 1. The second-order valence-electron chi connectivity index (χ2n) is 6.18. The number of aromatic amines is 1. The highest BCUT2D eigenvalue weighted by Gasteiger charge is 2.19. The maximum absolute atomic E-state index is 12.4. The van der Waals surface area contributed by atoms with Crippen molar-refractivity contribution in [3.05, 3.63) is 34.8 Å². The Balaban J connectivity index is 2.34. The number of carbonyl (C=O) groups excluding carboxylic acids is 1. The Kier molecular flexibility index (Phi) is 3.72. The van der Waals surface area contributed by atoms with Gasteiger partial charge in [0.15, 0.2) is 0 Å². The maximum Gasteiger partial charge on any atom is 0.255 e. The SMILES string of the molecule is Cc1n[nH]c(C)c1NC(=O)c1cc(N)nc(C(C)(C)C)c1. The number of aromatic nitrogens is 3. The molecule has 0 spiro atoms. The molecule has 0 bridgehead atoms. The first-order valence-electron chi connectivity index (χ1n) is 6.79. The van der Waals surface area contributed by atoms with E-state index in [-0.39, 0.29) is 11.3 Å². The molecule has 2 heterocycles. The minimum absolute atomic E-state index is 0.175. The molecule has 2 aromatic rings. The van der Waals surface area contributed by atoms with E-state index in [1.807, 2.05) is 34.6 Å². The summed E-state index contributed by atoms with van der Waals surface area (Å²) in [5.74, 6) is 0.121. The fraction of sp³-hybridized carbons (Fsp3) is 0.400. The normalized spacial score (nSPS) is 11.5. The third kappa shape index (κ3) is 3.21. The number of anilines is 2. The third-order valence-corrected chi connectivity index (χ3v) is 3.24. The van der Waals surface area contributed by atoms with Crippen molar-refractivity contribution >= 4 is 17.4 Å². The van der Waals surface area contributed by atoms with Gasteiger partial charge in [-0.05, 0) is 26.0 Å². The van der Waals surface area contributed by atoms with Gasteiger partial charge in [-0.15, -0.1) is 0 Å². The van der Waals surface area contributed by atoms with Crippen LogP contribution in [0.2, 0.25) is 0 Å². The Morgan fingerprint density at radius 2 is 1.95 bits per heavy atom. The Morgan fingerprint density at radius 3 is 2.48 bits per heavy atom. The van der Waals surface area contributed by atoms with Gasteiger partial charge >= 0.3 is 0 Å². The molecular formula is C15H21N5O. The molecule has 4 N–H and O–H groups in total. The van der Waals surface area contributed by atoms with Crippen molar-refractivity contribution in [1.29, 1.82) is 0 Å². The van der Waals surface area contributed by atoms with Gasteiger partial charge in [0.05, 0.1) is 17.1 Å². The quantitative estimate of drug-likeness (QED) is 0.790. The lowest BCUT2D eigenvalue weighted by Gasteiger charge is -2.19. The van der Waals surface area contributed by atoms with E-state index in [0.29, 0.717) is 17.1 Å². The number of hydrogen-bond donors (Lipinski definition) is 3. The summed E-state index contributed by atoms with van der Waals surface area (Å²) in [5, 5.41) is 9.76. The van der Waals surface area contributed by atoms with Crippen LogP contribution < -0.4 is 11.1 Å². The van der Waals surface area contributed by atoms with Gasteiger partial charge < -0.3 is 11.1 Å². The summed E-state index contributed by atoms with van der Waals surface area (Å²) >= 11 is 0. The number of nitrogens with zero attached hydrogens (tertiary/aromatic N) is 2. The van der Waals surface area contributed by atoms with E-state index in [0.717, 1.165) is 17.1 Å². The molecule has 1 amide bonds. The Hall–Kier alpha value is -2.37. The van der Waals surface area contributed by atoms with E-state index in [1.54, 1.807) is 12.1 Å². The van der Waals surface area contributed by atoms with Crippen LogP contribution in [0.4, 0.5) is 11.5 Å². The van der Waals surface area contributed by atoms with Crippen molar-refractivity contribution in [2.75, 3.05) is 11.1 Å². The fourth-order valence-electron chi connectivity index (χ4n) is 1.99. The van der Waals surface area contributed by atoms with E-state index < -0.39 is 0 Å². The summed E-state index contributed by atoms with van der Waals surface area (Å²) in [6.45, 7) is 9.78. The molecule has 0 atom stereocenters. The minimum atomic E-state index is -0.220. The first-order chi connectivity index (χ1) is 9.68. The van der Waals surface area contributed by atoms with Gasteiger partial charge in [-0.3, -0.25) is 9.89 Å². The number of amides is 1. The molecule has 0 radical (unpaired) electrons. The zero-order valence-electron chi connectivity index (χ0n) is 13.0. The predicted molar refractivity (Wildman–Crippen MR) is 83.4 cm³/mol. The average Bonchev–Trinajstić information content (AvgIpc) is 2.68. The van der Waals surface area contributed by atoms with E-state index >= 15 is 0 Å². The lowest BCUT2D eigenvalue weighted by Crippen LogP contribution is -2.19. The summed E-state index contributed by atoms with van der Waals surface area (Å²) in [6.07, 6.45) is 0. The van der Waals surface area contributed by atoms with Crippen molar-refractivity contribution < 1.29 is 4.79 Å². The molecule has 0 aromatic carbocycles. The molecule has 0 aliphatic rings. The summed E-state index contributed by atoms with van der Waals surface area (Å²) < 4.78 is 0. The number of hydrogen-bond acceptors (Lipinski definition) is 4. The van der Waals surface area contributed by atoms with E-state index in [9.17, 15) is 4.79 Å². The standard InChI is InChI=1S/C15H21N5O/c1-8-13(9(2)20-19-8)18-14(21)10-6-11(15(3,4)5)17-12(16)7-10/h6-7H,1-5H3,(H2,16,17)(H,18,21)(H,19,20). The van der Waals surface area contributed by atoms with Gasteiger partial charge in [-0.1, -0.05) is 20.8 Å². The van der Waals surface area contributed by atoms with Crippen LogP contribution in [0, 0.1) is 13.8 Å². The van der Waals surface area contributed by atoms with Gasteiger partial charge in [-0.25, -0.2) is 4.98 Å². The Bertz CT molecular complexity index is 662. The number of nitrogens with two attached hydrogens (primary N) is 1. The fourth-order valence-corrected chi connectivity index (χ4v) is 1.99. The Labute approximate surface area is 124 Å². The van der Waals surface area contributed by atoms with E-state index in [4.69, 9.17) is 5.73 Å². The highest BCUT2D eigenvalue weighted by Crippen LogP contribution is 2.23. The number of H-pyrrole nitrogens is 1. The lowest BCUT2D eigenvalue weighted by molar-refractivity contribution is 0.102. The highest BCUT2D eigenvalue weighted by molar-refractivity contribution is 6.05. The predicted octanol–water partition coefficient (Wildman–Crippen LogP) is 2.55. The number of pyridine rings is 1. The second kappa shape index (κ2) is 5.20. The molecule has 6 heteroatoms.